The zero-order valence-corrected chi connectivity index (χ0v) is 15.7. The van der Waals surface area contributed by atoms with Gasteiger partial charge >= 0.3 is 17.1 Å². The van der Waals surface area contributed by atoms with E-state index in [1.165, 1.54) is 89.9 Å². The summed E-state index contributed by atoms with van der Waals surface area (Å²) in [7, 11) is 0. The topological polar surface area (TPSA) is 26.0 Å². The summed E-state index contributed by atoms with van der Waals surface area (Å²) >= 11 is 0. The van der Waals surface area contributed by atoms with Crippen LogP contribution < -0.4 is 18.1 Å². The number of allylic oxidation sites excluding steroid dienone is 2. The van der Waals surface area contributed by atoms with E-state index in [1.54, 1.807) is 0 Å². The first-order valence-electron chi connectivity index (χ1n) is 8.77. The Morgan fingerprint density at radius 3 is 1.43 bits per heavy atom. The van der Waals surface area contributed by atoms with Gasteiger partial charge in [0, 0.05) is 0 Å². The average molecular weight is 366 g/mol. The number of rotatable bonds is 15. The van der Waals surface area contributed by atoms with E-state index in [4.69, 9.17) is 5.73 Å². The molecule has 3 heteroatoms. The van der Waals surface area contributed by atoms with Crippen LogP contribution in [0, 0.1) is 0 Å². The van der Waals surface area contributed by atoms with E-state index in [1.807, 2.05) is 0 Å². The molecule has 0 amide bonds. The van der Waals surface area contributed by atoms with Crippen LogP contribution in [0.2, 0.25) is 0 Å². The molecule has 0 atom stereocenters. The fourth-order valence-corrected chi connectivity index (χ4v) is 2.39. The Kier molecular flexibility index (Phi) is 32.0. The van der Waals surface area contributed by atoms with Crippen molar-refractivity contribution in [2.45, 2.75) is 96.8 Å². The maximum atomic E-state index is 5.47. The Morgan fingerprint density at radius 2 is 1.00 bits per heavy atom. The second-order valence-electron chi connectivity index (χ2n) is 5.73. The van der Waals surface area contributed by atoms with E-state index in [-0.39, 0.29) is 29.5 Å². The van der Waals surface area contributed by atoms with Crippen LogP contribution >= 0.6 is 0 Å². The summed E-state index contributed by atoms with van der Waals surface area (Å²) < 4.78 is 0. The molecule has 2 N–H and O–H groups in total. The third kappa shape index (κ3) is 25.8. The molecular weight excluding hydrogens is 329 g/mol. The summed E-state index contributed by atoms with van der Waals surface area (Å²) in [4.78, 5) is 0. The van der Waals surface area contributed by atoms with Crippen LogP contribution in [0.5, 0.6) is 0 Å². The summed E-state index contributed by atoms with van der Waals surface area (Å²) in [5, 5.41) is 0. The van der Waals surface area contributed by atoms with Gasteiger partial charge in [0.1, 0.15) is 0 Å². The SMILES string of the molecule is CCCCCCCC/C=C\CCCCCCCCN.[Cl-].[Cu+]. The summed E-state index contributed by atoms with van der Waals surface area (Å²) in [5.41, 5.74) is 5.47. The number of hydrogen-bond donors (Lipinski definition) is 1. The molecule has 0 fully saturated rings. The third-order valence-corrected chi connectivity index (χ3v) is 3.72. The van der Waals surface area contributed by atoms with Gasteiger partial charge in [0.2, 0.25) is 0 Å². The maximum absolute atomic E-state index is 5.47. The predicted octanol–water partition coefficient (Wildman–Crippen LogP) is 2.98. The van der Waals surface area contributed by atoms with Gasteiger partial charge in [0.15, 0.2) is 0 Å². The monoisotopic (exact) mass is 365 g/mol. The van der Waals surface area contributed by atoms with Crippen LogP contribution in [0.3, 0.4) is 0 Å². The van der Waals surface area contributed by atoms with Gasteiger partial charge in [-0.3, -0.25) is 0 Å². The predicted molar refractivity (Wildman–Crippen MR) is 88.5 cm³/mol. The molecular formula is C18H37ClCuN. The van der Waals surface area contributed by atoms with Gasteiger partial charge in [-0.05, 0) is 38.6 Å². The van der Waals surface area contributed by atoms with Crippen molar-refractivity contribution >= 4 is 0 Å². The molecule has 0 rings (SSSR count). The molecule has 0 aromatic heterocycles. The van der Waals surface area contributed by atoms with Gasteiger partial charge in [-0.1, -0.05) is 76.9 Å². The van der Waals surface area contributed by atoms with Crippen molar-refractivity contribution < 1.29 is 29.5 Å². The summed E-state index contributed by atoms with van der Waals surface area (Å²) in [6, 6.07) is 0. The van der Waals surface area contributed by atoms with Crippen LogP contribution in [-0.4, -0.2) is 6.54 Å². The van der Waals surface area contributed by atoms with E-state index in [9.17, 15) is 0 Å². The van der Waals surface area contributed by atoms with E-state index in [0.29, 0.717) is 0 Å². The third-order valence-electron chi connectivity index (χ3n) is 3.72. The van der Waals surface area contributed by atoms with E-state index < -0.39 is 0 Å². The van der Waals surface area contributed by atoms with Crippen LogP contribution in [-0.2, 0) is 17.1 Å². The van der Waals surface area contributed by atoms with Crippen molar-refractivity contribution in [1.82, 2.24) is 0 Å². The number of unbranched alkanes of at least 4 members (excludes halogenated alkanes) is 12. The fourth-order valence-electron chi connectivity index (χ4n) is 2.39. The minimum Gasteiger partial charge on any atom is -1.00 e. The Hall–Kier alpha value is 0.509. The Balaban J connectivity index is -0.00000162. The van der Waals surface area contributed by atoms with Crippen LogP contribution in [0.1, 0.15) is 96.8 Å². The Morgan fingerprint density at radius 1 is 0.619 bits per heavy atom. The average Bonchev–Trinajstić information content (AvgIpc) is 2.43. The van der Waals surface area contributed by atoms with Gasteiger partial charge in [-0.2, -0.15) is 0 Å². The molecule has 0 aromatic carbocycles. The van der Waals surface area contributed by atoms with Crippen molar-refractivity contribution in [3.05, 3.63) is 12.2 Å². The minimum atomic E-state index is 0. The first kappa shape index (κ1) is 26.4. The maximum Gasteiger partial charge on any atom is 1.00 e. The molecule has 0 unspecified atom stereocenters. The molecule has 0 aliphatic carbocycles. The summed E-state index contributed by atoms with van der Waals surface area (Å²) in [6.45, 7) is 3.14. The summed E-state index contributed by atoms with van der Waals surface area (Å²) in [6.07, 6.45) is 23.9. The second kappa shape index (κ2) is 25.5. The van der Waals surface area contributed by atoms with Crippen molar-refractivity contribution in [2.75, 3.05) is 6.54 Å². The molecule has 0 saturated heterocycles. The molecule has 1 nitrogen and oxygen atoms in total. The zero-order chi connectivity index (χ0) is 14.0. The first-order valence-corrected chi connectivity index (χ1v) is 8.77. The van der Waals surface area contributed by atoms with Crippen molar-refractivity contribution in [2.24, 2.45) is 5.73 Å². The molecule has 0 saturated carbocycles. The van der Waals surface area contributed by atoms with Gasteiger partial charge in [0.25, 0.3) is 0 Å². The van der Waals surface area contributed by atoms with E-state index in [2.05, 4.69) is 19.1 Å². The van der Waals surface area contributed by atoms with Crippen LogP contribution in [0.25, 0.3) is 0 Å². The van der Waals surface area contributed by atoms with Crippen molar-refractivity contribution in [3.8, 4) is 0 Å². The smallest absolute Gasteiger partial charge is 1.00 e. The molecule has 0 heterocycles. The molecule has 0 spiro atoms. The second-order valence-corrected chi connectivity index (χ2v) is 5.73. The standard InChI is InChI=1S/C18H37N.ClH.Cu/c1-2-3-4-5-6-7-8-9-10-11-12-13-14-15-16-17-18-19;;/h9-10H,2-8,11-19H2,1H3;1H;/q;;+1/p-1/b10-9-;;. The van der Waals surface area contributed by atoms with Crippen LogP contribution in [0.4, 0.5) is 0 Å². The van der Waals surface area contributed by atoms with Crippen molar-refractivity contribution in [1.29, 1.82) is 0 Å². The van der Waals surface area contributed by atoms with Gasteiger partial charge in [0.05, 0.1) is 0 Å². The molecule has 0 aromatic rings. The molecule has 21 heavy (non-hydrogen) atoms. The molecule has 0 radical (unpaired) electrons. The largest absolute Gasteiger partial charge is 1.00 e. The quantitative estimate of drug-likeness (QED) is 0.269. The van der Waals surface area contributed by atoms with E-state index in [0.717, 1.165) is 6.54 Å². The first-order chi connectivity index (χ1) is 9.41. The Labute approximate surface area is 150 Å². The van der Waals surface area contributed by atoms with E-state index >= 15 is 0 Å². The minimum absolute atomic E-state index is 0. The number of nitrogens with two attached hydrogens (primary N) is 1. The van der Waals surface area contributed by atoms with Crippen LogP contribution in [0.15, 0.2) is 12.2 Å². The zero-order valence-electron chi connectivity index (χ0n) is 14.0. The fraction of sp³-hybridized carbons (Fsp3) is 0.889. The molecule has 0 aliphatic heterocycles. The van der Waals surface area contributed by atoms with Crippen molar-refractivity contribution in [3.63, 3.8) is 0 Å². The van der Waals surface area contributed by atoms with Gasteiger partial charge < -0.3 is 18.1 Å². The normalized spacial score (nSPS) is 10.4. The van der Waals surface area contributed by atoms with Gasteiger partial charge in [-0.15, -0.1) is 0 Å². The number of hydrogen-bond acceptors (Lipinski definition) is 1. The van der Waals surface area contributed by atoms with Gasteiger partial charge in [-0.25, -0.2) is 0 Å². The number of halogens is 1. The Bertz CT molecular complexity index is 186. The molecule has 0 aliphatic rings. The summed E-state index contributed by atoms with van der Waals surface area (Å²) in [5.74, 6) is 0. The molecule has 132 valence electrons. The molecule has 0 bridgehead atoms.